The zero-order chi connectivity index (χ0) is 16.3. The smallest absolute Gasteiger partial charge is 0.324 e. The van der Waals surface area contributed by atoms with Gasteiger partial charge in [-0.15, -0.1) is 0 Å². The molecule has 0 atom stereocenters. The van der Waals surface area contributed by atoms with Crippen LogP contribution >= 0.6 is 0 Å². The number of phenols is 1. The molecule has 3 N–H and O–H groups in total. The number of nitro groups is 1. The van der Waals surface area contributed by atoms with Crippen LogP contribution in [0.5, 0.6) is 11.5 Å². The van der Waals surface area contributed by atoms with Gasteiger partial charge in [-0.1, -0.05) is 6.07 Å². The van der Waals surface area contributed by atoms with Gasteiger partial charge in [0, 0.05) is 12.1 Å². The second-order valence-electron chi connectivity index (χ2n) is 4.31. The van der Waals surface area contributed by atoms with Crippen LogP contribution in [-0.4, -0.2) is 23.2 Å². The van der Waals surface area contributed by atoms with Gasteiger partial charge in [-0.05, 0) is 18.2 Å². The first-order chi connectivity index (χ1) is 10.4. The molecule has 2 aromatic rings. The molecular weight excluding hydrogens is 290 g/mol. The summed E-state index contributed by atoms with van der Waals surface area (Å²) in [7, 11) is 1.47. The number of phenolic OH excluding ortho intramolecular Hbond substituents is 1. The largest absolute Gasteiger partial charge is 0.505 e. The van der Waals surface area contributed by atoms with Crippen molar-refractivity contribution in [1.29, 1.82) is 0 Å². The van der Waals surface area contributed by atoms with E-state index in [2.05, 4.69) is 0 Å². The van der Waals surface area contributed by atoms with Crippen LogP contribution in [0.2, 0.25) is 0 Å². The van der Waals surface area contributed by atoms with Gasteiger partial charge in [0.05, 0.1) is 29.5 Å². The molecule has 22 heavy (non-hydrogen) atoms. The van der Waals surface area contributed by atoms with Crippen LogP contribution in [0.3, 0.4) is 0 Å². The minimum absolute atomic E-state index is 0.0337. The van der Waals surface area contributed by atoms with Gasteiger partial charge in [0.2, 0.25) is 0 Å². The molecule has 0 saturated heterocycles. The van der Waals surface area contributed by atoms with Crippen molar-refractivity contribution in [1.82, 2.24) is 0 Å². The maximum absolute atomic E-state index is 11.7. The van der Waals surface area contributed by atoms with Crippen LogP contribution < -0.4 is 15.4 Å². The van der Waals surface area contributed by atoms with Crippen LogP contribution in [-0.2, 0) is 0 Å². The van der Waals surface area contributed by atoms with Crippen molar-refractivity contribution in [3.05, 3.63) is 52.6 Å². The lowest BCUT2D eigenvalue weighted by molar-refractivity contribution is -0.384. The van der Waals surface area contributed by atoms with Gasteiger partial charge < -0.3 is 15.6 Å². The van der Waals surface area contributed by atoms with Crippen molar-refractivity contribution in [3.8, 4) is 11.5 Å². The number of urea groups is 1. The average molecular weight is 303 g/mol. The van der Waals surface area contributed by atoms with E-state index in [4.69, 9.17) is 10.5 Å². The Morgan fingerprint density at radius 1 is 1.32 bits per heavy atom. The molecule has 2 amide bonds. The van der Waals surface area contributed by atoms with E-state index in [1.165, 1.54) is 19.2 Å². The van der Waals surface area contributed by atoms with Gasteiger partial charge in [0.15, 0.2) is 0 Å². The zero-order valence-corrected chi connectivity index (χ0v) is 11.6. The first kappa shape index (κ1) is 15.1. The third-order valence-corrected chi connectivity index (χ3v) is 2.94. The van der Waals surface area contributed by atoms with Gasteiger partial charge >= 0.3 is 6.03 Å². The van der Waals surface area contributed by atoms with Crippen LogP contribution in [0.15, 0.2) is 42.5 Å². The highest BCUT2D eigenvalue weighted by atomic mass is 16.6. The van der Waals surface area contributed by atoms with Crippen LogP contribution in [0.25, 0.3) is 0 Å². The van der Waals surface area contributed by atoms with E-state index in [1.54, 1.807) is 24.3 Å². The molecule has 0 aromatic heterocycles. The van der Waals surface area contributed by atoms with Crippen molar-refractivity contribution in [2.45, 2.75) is 0 Å². The summed E-state index contributed by atoms with van der Waals surface area (Å²) in [5.41, 5.74) is 5.46. The van der Waals surface area contributed by atoms with Crippen molar-refractivity contribution in [2.24, 2.45) is 5.73 Å². The lowest BCUT2D eigenvalue weighted by Gasteiger charge is -2.21. The molecular formula is C14H13N3O5. The first-order valence-electron chi connectivity index (χ1n) is 6.15. The number of nitro benzene ring substituents is 1. The molecule has 0 spiro atoms. The van der Waals surface area contributed by atoms with Crippen molar-refractivity contribution >= 4 is 23.1 Å². The van der Waals surface area contributed by atoms with E-state index < -0.39 is 16.7 Å². The van der Waals surface area contributed by atoms with E-state index in [9.17, 15) is 20.0 Å². The molecule has 114 valence electrons. The maximum atomic E-state index is 11.7. The van der Waals surface area contributed by atoms with Crippen molar-refractivity contribution in [3.63, 3.8) is 0 Å². The highest BCUT2D eigenvalue weighted by Crippen LogP contribution is 2.36. The molecule has 8 heteroatoms. The fourth-order valence-electron chi connectivity index (χ4n) is 1.95. The number of aromatic hydroxyl groups is 1. The normalized spacial score (nSPS) is 10.0. The number of anilines is 2. The number of carbonyl (C=O) groups excluding carboxylic acids is 1. The second-order valence-corrected chi connectivity index (χ2v) is 4.31. The fraction of sp³-hybridized carbons (Fsp3) is 0.0714. The number of amides is 2. The molecule has 0 aliphatic carbocycles. The Balaban J connectivity index is 2.53. The lowest BCUT2D eigenvalue weighted by Crippen LogP contribution is -2.31. The van der Waals surface area contributed by atoms with Gasteiger partial charge in [0.25, 0.3) is 5.69 Å². The number of hydrogen-bond acceptors (Lipinski definition) is 5. The summed E-state index contributed by atoms with van der Waals surface area (Å²) in [5.74, 6) is 0.0565. The standard InChI is InChI=1S/C14H13N3O5/c1-22-11-4-2-3-9(7-11)16(14(15)19)12-6-5-10(17(20)21)8-13(12)18/h2-8,18H,1H3,(H2,15,19). The van der Waals surface area contributed by atoms with E-state index in [0.29, 0.717) is 11.4 Å². The summed E-state index contributed by atoms with van der Waals surface area (Å²) in [6.07, 6.45) is 0. The molecule has 0 fully saturated rings. The Kier molecular flexibility index (Phi) is 4.12. The van der Waals surface area contributed by atoms with Crippen LogP contribution in [0.4, 0.5) is 21.9 Å². The van der Waals surface area contributed by atoms with Gasteiger partial charge in [-0.2, -0.15) is 0 Å². The summed E-state index contributed by atoms with van der Waals surface area (Å²) in [6, 6.07) is 8.98. The number of ether oxygens (including phenoxy) is 1. The topological polar surface area (TPSA) is 119 Å². The minimum atomic E-state index is -0.850. The molecule has 0 unspecified atom stereocenters. The summed E-state index contributed by atoms with van der Waals surface area (Å²) in [4.78, 5) is 22.8. The zero-order valence-electron chi connectivity index (χ0n) is 11.6. The number of hydrogen-bond donors (Lipinski definition) is 2. The Bertz CT molecular complexity index is 732. The Hall–Kier alpha value is -3.29. The minimum Gasteiger partial charge on any atom is -0.505 e. The van der Waals surface area contributed by atoms with E-state index in [1.807, 2.05) is 0 Å². The number of primary amides is 1. The number of non-ortho nitro benzene ring substituents is 1. The monoisotopic (exact) mass is 303 g/mol. The van der Waals surface area contributed by atoms with Crippen molar-refractivity contribution in [2.75, 3.05) is 12.0 Å². The number of rotatable bonds is 4. The Morgan fingerprint density at radius 2 is 2.05 bits per heavy atom. The fourth-order valence-corrected chi connectivity index (χ4v) is 1.95. The van der Waals surface area contributed by atoms with Gasteiger partial charge in [-0.3, -0.25) is 15.0 Å². The second kappa shape index (κ2) is 6.00. The summed E-state index contributed by atoms with van der Waals surface area (Å²) < 4.78 is 5.07. The van der Waals surface area contributed by atoms with Crippen LogP contribution in [0, 0.1) is 10.1 Å². The Labute approximate surface area is 125 Å². The predicted octanol–water partition coefficient (Wildman–Crippen LogP) is 2.53. The van der Waals surface area contributed by atoms with Gasteiger partial charge in [-0.25, -0.2) is 4.79 Å². The third kappa shape index (κ3) is 2.90. The molecule has 0 bridgehead atoms. The number of nitrogens with zero attached hydrogens (tertiary/aromatic N) is 2. The van der Waals surface area contributed by atoms with Crippen molar-refractivity contribution < 1.29 is 19.6 Å². The molecule has 0 heterocycles. The molecule has 0 aliphatic heterocycles. The van der Waals surface area contributed by atoms with E-state index in [0.717, 1.165) is 11.0 Å². The van der Waals surface area contributed by atoms with Crippen LogP contribution in [0.1, 0.15) is 0 Å². The summed E-state index contributed by atoms with van der Waals surface area (Å²) in [5, 5.41) is 20.7. The third-order valence-electron chi connectivity index (χ3n) is 2.94. The van der Waals surface area contributed by atoms with E-state index in [-0.39, 0.29) is 11.4 Å². The average Bonchev–Trinajstić information content (AvgIpc) is 2.49. The number of methoxy groups -OCH3 is 1. The molecule has 0 aliphatic rings. The van der Waals surface area contributed by atoms with Gasteiger partial charge in [0.1, 0.15) is 11.5 Å². The molecule has 8 nitrogen and oxygen atoms in total. The summed E-state index contributed by atoms with van der Waals surface area (Å²) in [6.45, 7) is 0. The molecule has 0 radical (unpaired) electrons. The summed E-state index contributed by atoms with van der Waals surface area (Å²) >= 11 is 0. The Morgan fingerprint density at radius 3 is 2.59 bits per heavy atom. The van der Waals surface area contributed by atoms with E-state index >= 15 is 0 Å². The quantitative estimate of drug-likeness (QED) is 0.664. The maximum Gasteiger partial charge on any atom is 0.324 e. The first-order valence-corrected chi connectivity index (χ1v) is 6.15. The SMILES string of the molecule is COc1cccc(N(C(N)=O)c2ccc([N+](=O)[O-])cc2O)c1. The molecule has 2 aromatic carbocycles. The highest BCUT2D eigenvalue weighted by molar-refractivity contribution is 6.00. The lowest BCUT2D eigenvalue weighted by atomic mass is 10.2. The molecule has 2 rings (SSSR count). The number of benzene rings is 2. The molecule has 0 saturated carbocycles. The predicted molar refractivity (Wildman–Crippen MR) is 79.5 cm³/mol. The number of carbonyl (C=O) groups is 1. The number of nitrogens with two attached hydrogens (primary N) is 1. The highest BCUT2D eigenvalue weighted by Gasteiger charge is 2.21.